The highest BCUT2D eigenvalue weighted by Gasteiger charge is 2.25. The number of non-ortho nitro benzene ring substituents is 1. The van der Waals surface area contributed by atoms with Gasteiger partial charge >= 0.3 is 0 Å². The maximum Gasteiger partial charge on any atom is 0.271 e. The van der Waals surface area contributed by atoms with Gasteiger partial charge in [-0.25, -0.2) is 8.42 Å². The molecule has 0 aromatic heterocycles. The van der Waals surface area contributed by atoms with Crippen molar-refractivity contribution < 1.29 is 18.1 Å². The number of hydrogen-bond acceptors (Lipinski definition) is 5. The van der Waals surface area contributed by atoms with Gasteiger partial charge in [0.15, 0.2) is 0 Å². The second kappa shape index (κ2) is 7.13. The molecule has 2 aromatic rings. The second-order valence-electron chi connectivity index (χ2n) is 6.01. The average molecular weight is 397 g/mol. The largest absolute Gasteiger partial charge is 0.495 e. The number of nitrogens with zero attached hydrogens (tertiary/aromatic N) is 1. The smallest absolute Gasteiger partial charge is 0.271 e. The topological polar surface area (TPSA) is 98.5 Å². The van der Waals surface area contributed by atoms with Crippen molar-refractivity contribution in [3.8, 4) is 5.75 Å². The molecule has 0 saturated heterocycles. The Hall–Kier alpha value is -2.32. The summed E-state index contributed by atoms with van der Waals surface area (Å²) in [6, 6.07) is 6.94. The molecule has 1 aliphatic carbocycles. The van der Waals surface area contributed by atoms with Gasteiger partial charge in [-0.3, -0.25) is 14.8 Å². The van der Waals surface area contributed by atoms with Crippen molar-refractivity contribution in [2.75, 3.05) is 11.8 Å². The Morgan fingerprint density at radius 1 is 1.15 bits per heavy atom. The minimum Gasteiger partial charge on any atom is -0.495 e. The van der Waals surface area contributed by atoms with E-state index in [-0.39, 0.29) is 27.0 Å². The number of fused-ring (bicyclic) bond motifs is 1. The van der Waals surface area contributed by atoms with E-state index in [9.17, 15) is 18.5 Å². The van der Waals surface area contributed by atoms with Crippen LogP contribution in [0.1, 0.15) is 24.0 Å². The van der Waals surface area contributed by atoms with Crippen LogP contribution in [0.15, 0.2) is 35.2 Å². The molecular formula is C17H17ClN2O5S. The van der Waals surface area contributed by atoms with Crippen LogP contribution in [0.25, 0.3) is 0 Å². The van der Waals surface area contributed by atoms with E-state index in [0.717, 1.165) is 42.9 Å². The lowest BCUT2D eigenvalue weighted by atomic mass is 9.92. The molecule has 0 heterocycles. The van der Waals surface area contributed by atoms with Gasteiger partial charge in [0.1, 0.15) is 10.6 Å². The molecule has 7 nitrogen and oxygen atoms in total. The van der Waals surface area contributed by atoms with Gasteiger partial charge in [0.25, 0.3) is 15.7 Å². The fourth-order valence-corrected chi connectivity index (χ4v) is 4.51. The van der Waals surface area contributed by atoms with E-state index in [2.05, 4.69) is 4.72 Å². The van der Waals surface area contributed by atoms with Crippen LogP contribution in [0.5, 0.6) is 5.75 Å². The van der Waals surface area contributed by atoms with Crippen LogP contribution >= 0.6 is 11.6 Å². The third-order valence-electron chi connectivity index (χ3n) is 4.32. The Morgan fingerprint density at radius 2 is 1.81 bits per heavy atom. The molecule has 2 aromatic carbocycles. The van der Waals surface area contributed by atoms with Crippen molar-refractivity contribution in [1.82, 2.24) is 0 Å². The molecular weight excluding hydrogens is 380 g/mol. The molecule has 0 aliphatic heterocycles. The number of nitrogens with one attached hydrogen (secondary N) is 1. The molecule has 1 N–H and O–H groups in total. The van der Waals surface area contributed by atoms with E-state index in [1.54, 1.807) is 12.1 Å². The van der Waals surface area contributed by atoms with Crippen molar-refractivity contribution in [2.45, 2.75) is 30.6 Å². The molecule has 138 valence electrons. The minimum absolute atomic E-state index is 0.0109. The summed E-state index contributed by atoms with van der Waals surface area (Å²) < 4.78 is 33.4. The van der Waals surface area contributed by atoms with E-state index in [1.807, 2.05) is 0 Å². The van der Waals surface area contributed by atoms with Crippen molar-refractivity contribution in [1.29, 1.82) is 0 Å². The van der Waals surface area contributed by atoms with Crippen molar-refractivity contribution in [3.05, 3.63) is 56.6 Å². The number of sulfonamides is 1. The predicted molar refractivity (Wildman–Crippen MR) is 98.6 cm³/mol. The van der Waals surface area contributed by atoms with Crippen LogP contribution in [0.2, 0.25) is 5.02 Å². The molecule has 0 spiro atoms. The van der Waals surface area contributed by atoms with Crippen molar-refractivity contribution >= 4 is 33.0 Å². The highest BCUT2D eigenvalue weighted by molar-refractivity contribution is 7.92. The summed E-state index contributed by atoms with van der Waals surface area (Å²) in [6.45, 7) is 0. The van der Waals surface area contributed by atoms with E-state index in [0.29, 0.717) is 0 Å². The SMILES string of the molecule is COc1cc2c(cc1S(=O)(=O)Nc1cc([N+](=O)[O-])ccc1Cl)CCCC2. The van der Waals surface area contributed by atoms with Crippen molar-refractivity contribution in [2.24, 2.45) is 0 Å². The summed E-state index contributed by atoms with van der Waals surface area (Å²) in [5, 5.41) is 11.0. The molecule has 1 aliphatic rings. The molecule has 0 fully saturated rings. The second-order valence-corrected chi connectivity index (χ2v) is 8.06. The summed E-state index contributed by atoms with van der Waals surface area (Å²) in [4.78, 5) is 10.3. The number of methoxy groups -OCH3 is 1. The van der Waals surface area contributed by atoms with E-state index in [1.165, 1.54) is 19.2 Å². The lowest BCUT2D eigenvalue weighted by Gasteiger charge is -2.19. The van der Waals surface area contributed by atoms with Crippen LogP contribution < -0.4 is 9.46 Å². The molecule has 0 saturated carbocycles. The highest BCUT2D eigenvalue weighted by atomic mass is 35.5. The van der Waals surface area contributed by atoms with Crippen LogP contribution in [-0.2, 0) is 22.9 Å². The maximum atomic E-state index is 12.9. The Bertz CT molecular complexity index is 975. The summed E-state index contributed by atoms with van der Waals surface area (Å²) >= 11 is 6.00. The lowest BCUT2D eigenvalue weighted by molar-refractivity contribution is -0.384. The maximum absolute atomic E-state index is 12.9. The van der Waals surface area contributed by atoms with Gasteiger partial charge in [-0.15, -0.1) is 0 Å². The monoisotopic (exact) mass is 396 g/mol. The molecule has 26 heavy (non-hydrogen) atoms. The van der Waals surface area contributed by atoms with Gasteiger partial charge in [0.2, 0.25) is 0 Å². The first-order valence-electron chi connectivity index (χ1n) is 7.98. The third-order valence-corrected chi connectivity index (χ3v) is 6.04. The van der Waals surface area contributed by atoms with Crippen LogP contribution in [0.4, 0.5) is 11.4 Å². The molecule has 0 unspecified atom stereocenters. The van der Waals surface area contributed by atoms with E-state index >= 15 is 0 Å². The molecule has 0 bridgehead atoms. The van der Waals surface area contributed by atoms with Crippen LogP contribution in [0.3, 0.4) is 0 Å². The summed E-state index contributed by atoms with van der Waals surface area (Å²) in [6.07, 6.45) is 3.75. The Morgan fingerprint density at radius 3 is 2.42 bits per heavy atom. The number of hydrogen-bond donors (Lipinski definition) is 1. The fourth-order valence-electron chi connectivity index (χ4n) is 3.01. The minimum atomic E-state index is -4.04. The van der Waals surface area contributed by atoms with Gasteiger partial charge < -0.3 is 4.74 Å². The summed E-state index contributed by atoms with van der Waals surface area (Å²) in [5.74, 6) is 0.236. The van der Waals surface area contributed by atoms with Crippen LogP contribution in [0, 0.1) is 10.1 Å². The highest BCUT2D eigenvalue weighted by Crippen LogP contribution is 2.34. The first-order chi connectivity index (χ1) is 12.3. The summed E-state index contributed by atoms with van der Waals surface area (Å²) in [7, 11) is -2.63. The molecule has 3 rings (SSSR count). The number of ether oxygens (including phenoxy) is 1. The number of nitro groups is 1. The van der Waals surface area contributed by atoms with Crippen LogP contribution in [-0.4, -0.2) is 20.5 Å². The standard InChI is InChI=1S/C17H17ClN2O5S/c1-25-16-8-11-4-2-3-5-12(11)9-17(16)26(23,24)19-15-10-13(20(21)22)6-7-14(15)18/h6-10,19H,2-5H2,1H3. The van der Waals surface area contributed by atoms with E-state index < -0.39 is 14.9 Å². The fraction of sp³-hybridized carbons (Fsp3) is 0.294. The zero-order chi connectivity index (χ0) is 18.9. The zero-order valence-electron chi connectivity index (χ0n) is 14.0. The number of rotatable bonds is 5. The molecule has 0 amide bonds. The first kappa shape index (κ1) is 18.5. The molecule has 0 atom stereocenters. The quantitative estimate of drug-likeness (QED) is 0.609. The van der Waals surface area contributed by atoms with Gasteiger partial charge in [-0.05, 0) is 55.0 Å². The summed E-state index contributed by atoms with van der Waals surface area (Å²) in [5.41, 5.74) is 1.74. The predicted octanol–water partition coefficient (Wildman–Crippen LogP) is 3.94. The number of halogens is 1. The number of aryl methyl sites for hydroxylation is 2. The normalized spacial score (nSPS) is 13.8. The third kappa shape index (κ3) is 3.61. The van der Waals surface area contributed by atoms with Gasteiger partial charge in [0.05, 0.1) is 22.7 Å². The number of nitro benzene ring substituents is 1. The van der Waals surface area contributed by atoms with Crippen molar-refractivity contribution in [3.63, 3.8) is 0 Å². The zero-order valence-corrected chi connectivity index (χ0v) is 15.6. The number of benzene rings is 2. The van der Waals surface area contributed by atoms with E-state index in [4.69, 9.17) is 16.3 Å². The Labute approximate surface area is 156 Å². The van der Waals surface area contributed by atoms with Gasteiger partial charge in [-0.2, -0.15) is 0 Å². The Balaban J connectivity index is 2.04. The van der Waals surface area contributed by atoms with Gasteiger partial charge in [0, 0.05) is 12.1 Å². The number of anilines is 1. The average Bonchev–Trinajstić information content (AvgIpc) is 2.62. The lowest BCUT2D eigenvalue weighted by Crippen LogP contribution is -2.16. The van der Waals surface area contributed by atoms with Gasteiger partial charge in [-0.1, -0.05) is 11.6 Å². The Kier molecular flexibility index (Phi) is 5.06. The molecule has 0 radical (unpaired) electrons. The first-order valence-corrected chi connectivity index (χ1v) is 9.84. The molecule has 9 heteroatoms.